The van der Waals surface area contributed by atoms with Crippen molar-refractivity contribution in [2.24, 2.45) is 0 Å². The molecule has 1 aromatic carbocycles. The van der Waals surface area contributed by atoms with Crippen LogP contribution in [0.3, 0.4) is 0 Å². The van der Waals surface area contributed by atoms with E-state index in [9.17, 15) is 9.59 Å². The number of hydrogen-bond donors (Lipinski definition) is 0. The van der Waals surface area contributed by atoms with Crippen LogP contribution >= 0.6 is 0 Å². The van der Waals surface area contributed by atoms with Gasteiger partial charge in [-0.25, -0.2) is 9.59 Å². The van der Waals surface area contributed by atoms with Gasteiger partial charge >= 0.3 is 17.7 Å². The molecule has 0 fully saturated rings. The van der Waals surface area contributed by atoms with Gasteiger partial charge in [0.25, 0.3) is 0 Å². The molecule has 0 aliphatic heterocycles. The third kappa shape index (κ3) is 5.38. The lowest BCUT2D eigenvalue weighted by Gasteiger charge is -2.18. The summed E-state index contributed by atoms with van der Waals surface area (Å²) in [5.41, 5.74) is 7.85. The number of nitrogens with zero attached hydrogens (tertiary/aromatic N) is 2. The standard InChI is InChI=1S/C15H18N2O5/c1-10(21-12-7-5-4-6-8-12)9-11(2)22-15(19)13(17-16)14(18)20-3/h4-8,10-11H,9H2,1-3H3/t10-,11-/m0/s1. The van der Waals surface area contributed by atoms with E-state index in [1.54, 1.807) is 6.92 Å². The molecule has 2 atom stereocenters. The number of methoxy groups -OCH3 is 1. The molecule has 0 aliphatic rings. The van der Waals surface area contributed by atoms with Gasteiger partial charge in [-0.2, -0.15) is 4.79 Å². The average molecular weight is 306 g/mol. The highest BCUT2D eigenvalue weighted by Crippen LogP contribution is 2.14. The summed E-state index contributed by atoms with van der Waals surface area (Å²) in [5, 5.41) is 0. The van der Waals surface area contributed by atoms with Crippen molar-refractivity contribution in [3.63, 3.8) is 0 Å². The van der Waals surface area contributed by atoms with E-state index in [-0.39, 0.29) is 6.10 Å². The fraction of sp³-hybridized carbons (Fsp3) is 0.400. The van der Waals surface area contributed by atoms with Crippen molar-refractivity contribution in [3.8, 4) is 5.75 Å². The maximum absolute atomic E-state index is 11.7. The number of rotatable bonds is 7. The Morgan fingerprint density at radius 3 is 2.32 bits per heavy atom. The van der Waals surface area contributed by atoms with Crippen LogP contribution in [0.4, 0.5) is 0 Å². The molecule has 0 aromatic heterocycles. The first-order valence-corrected chi connectivity index (χ1v) is 6.71. The van der Waals surface area contributed by atoms with E-state index < -0.39 is 23.8 Å². The lowest BCUT2D eigenvalue weighted by molar-refractivity contribution is -0.151. The molecule has 0 amide bonds. The van der Waals surface area contributed by atoms with Gasteiger partial charge in [0, 0.05) is 6.42 Å². The Labute approximate surface area is 128 Å². The van der Waals surface area contributed by atoms with Gasteiger partial charge < -0.3 is 19.7 Å². The van der Waals surface area contributed by atoms with Gasteiger partial charge in [-0.1, -0.05) is 18.2 Å². The highest BCUT2D eigenvalue weighted by molar-refractivity contribution is 6.60. The second-order valence-corrected chi connectivity index (χ2v) is 4.63. The molecule has 0 bridgehead atoms. The minimum atomic E-state index is -1.06. The molecule has 7 nitrogen and oxygen atoms in total. The fourth-order valence-corrected chi connectivity index (χ4v) is 1.80. The first kappa shape index (κ1) is 17.4. The zero-order valence-electron chi connectivity index (χ0n) is 12.7. The van der Waals surface area contributed by atoms with Crippen molar-refractivity contribution < 1.29 is 28.6 Å². The molecule has 1 rings (SSSR count). The summed E-state index contributed by atoms with van der Waals surface area (Å²) in [6, 6.07) is 9.23. The van der Waals surface area contributed by atoms with E-state index in [1.807, 2.05) is 37.3 Å². The van der Waals surface area contributed by atoms with Gasteiger partial charge in [-0.05, 0) is 26.0 Å². The Balaban J connectivity index is 2.51. The number of ether oxygens (including phenoxy) is 3. The van der Waals surface area contributed by atoms with Crippen LogP contribution < -0.4 is 4.74 Å². The molecule has 7 heteroatoms. The van der Waals surface area contributed by atoms with Crippen LogP contribution in [-0.4, -0.2) is 41.8 Å². The number of para-hydroxylation sites is 1. The highest BCUT2D eigenvalue weighted by atomic mass is 16.6. The van der Waals surface area contributed by atoms with Crippen molar-refractivity contribution in [3.05, 3.63) is 35.9 Å². The Bertz CT molecular complexity index is 567. The number of carbonyl (C=O) groups is 2. The Morgan fingerprint density at radius 1 is 1.14 bits per heavy atom. The molecule has 0 saturated heterocycles. The molecule has 118 valence electrons. The topological polar surface area (TPSA) is 98.2 Å². The molecule has 0 saturated carbocycles. The summed E-state index contributed by atoms with van der Waals surface area (Å²) in [5.74, 6) is -1.40. The zero-order chi connectivity index (χ0) is 16.5. The maximum atomic E-state index is 11.7. The van der Waals surface area contributed by atoms with Crippen LogP contribution in [0, 0.1) is 0 Å². The normalized spacial score (nSPS) is 12.5. The van der Waals surface area contributed by atoms with E-state index in [0.29, 0.717) is 12.2 Å². The number of benzene rings is 1. The average Bonchev–Trinajstić information content (AvgIpc) is 2.48. The van der Waals surface area contributed by atoms with Gasteiger partial charge in [0.1, 0.15) is 11.9 Å². The quantitative estimate of drug-likeness (QED) is 0.251. The Kier molecular flexibility index (Phi) is 6.79. The summed E-state index contributed by atoms with van der Waals surface area (Å²) in [6.45, 7) is 3.48. The molecular weight excluding hydrogens is 288 g/mol. The Hall–Kier alpha value is -2.66. The van der Waals surface area contributed by atoms with Gasteiger partial charge in [0.2, 0.25) is 0 Å². The SMILES string of the molecule is COC(=O)C(=[N+]=[N-])C(=O)O[C@@H](C)C[C@H](C)Oc1ccccc1. The third-order valence-corrected chi connectivity index (χ3v) is 2.72. The third-order valence-electron chi connectivity index (χ3n) is 2.72. The highest BCUT2D eigenvalue weighted by Gasteiger charge is 2.34. The van der Waals surface area contributed by atoms with E-state index >= 15 is 0 Å². The number of carbonyl (C=O) groups excluding carboxylic acids is 2. The monoisotopic (exact) mass is 306 g/mol. The summed E-state index contributed by atoms with van der Waals surface area (Å²) in [4.78, 5) is 25.5. The van der Waals surface area contributed by atoms with Crippen molar-refractivity contribution in [1.29, 1.82) is 0 Å². The van der Waals surface area contributed by atoms with Crippen molar-refractivity contribution in [2.75, 3.05) is 7.11 Å². The van der Waals surface area contributed by atoms with Crippen LogP contribution in [0.1, 0.15) is 20.3 Å². The maximum Gasteiger partial charge on any atom is 0.482 e. The lowest BCUT2D eigenvalue weighted by Crippen LogP contribution is -2.32. The van der Waals surface area contributed by atoms with Gasteiger partial charge in [-0.15, -0.1) is 0 Å². The van der Waals surface area contributed by atoms with Gasteiger partial charge in [0.05, 0.1) is 13.2 Å². The minimum Gasteiger partial charge on any atom is -0.491 e. The molecule has 0 aliphatic carbocycles. The molecule has 0 heterocycles. The fourth-order valence-electron chi connectivity index (χ4n) is 1.80. The first-order valence-electron chi connectivity index (χ1n) is 6.71. The predicted molar refractivity (Wildman–Crippen MR) is 77.3 cm³/mol. The van der Waals surface area contributed by atoms with Crippen LogP contribution in [0.15, 0.2) is 30.3 Å². The van der Waals surface area contributed by atoms with Crippen LogP contribution in [0.2, 0.25) is 0 Å². The largest absolute Gasteiger partial charge is 0.491 e. The minimum absolute atomic E-state index is 0.210. The van der Waals surface area contributed by atoms with Crippen LogP contribution in [0.5, 0.6) is 5.75 Å². The summed E-state index contributed by atoms with van der Waals surface area (Å²) in [6.07, 6.45) is -0.342. The van der Waals surface area contributed by atoms with Crippen molar-refractivity contribution in [1.82, 2.24) is 0 Å². The Morgan fingerprint density at radius 2 is 1.77 bits per heavy atom. The smallest absolute Gasteiger partial charge is 0.482 e. The van der Waals surface area contributed by atoms with E-state index in [2.05, 4.69) is 9.53 Å². The summed E-state index contributed by atoms with van der Waals surface area (Å²) >= 11 is 0. The molecule has 0 unspecified atom stereocenters. The zero-order valence-corrected chi connectivity index (χ0v) is 12.7. The summed E-state index contributed by atoms with van der Waals surface area (Å²) < 4.78 is 15.0. The molecular formula is C15H18N2O5. The molecule has 0 N–H and O–H groups in total. The van der Waals surface area contributed by atoms with E-state index in [4.69, 9.17) is 15.0 Å². The van der Waals surface area contributed by atoms with E-state index in [1.165, 1.54) is 0 Å². The van der Waals surface area contributed by atoms with Crippen LogP contribution in [0.25, 0.3) is 5.53 Å². The van der Waals surface area contributed by atoms with Crippen molar-refractivity contribution >= 4 is 17.7 Å². The molecule has 0 spiro atoms. The van der Waals surface area contributed by atoms with E-state index in [0.717, 1.165) is 7.11 Å². The lowest BCUT2D eigenvalue weighted by atomic mass is 10.2. The first-order chi connectivity index (χ1) is 10.5. The van der Waals surface area contributed by atoms with Crippen LogP contribution in [-0.2, 0) is 19.1 Å². The number of esters is 2. The summed E-state index contributed by atoms with van der Waals surface area (Å²) in [7, 11) is 1.07. The van der Waals surface area contributed by atoms with Gasteiger partial charge in [-0.3, -0.25) is 0 Å². The molecule has 1 aromatic rings. The number of hydrogen-bond acceptors (Lipinski definition) is 5. The molecule has 0 radical (unpaired) electrons. The van der Waals surface area contributed by atoms with Gasteiger partial charge in [0.15, 0.2) is 0 Å². The molecule has 22 heavy (non-hydrogen) atoms. The van der Waals surface area contributed by atoms with Crippen molar-refractivity contribution in [2.45, 2.75) is 32.5 Å². The second kappa shape index (κ2) is 8.59. The predicted octanol–water partition coefficient (Wildman–Crippen LogP) is 1.62. The second-order valence-electron chi connectivity index (χ2n) is 4.63.